The molecular weight excluding hydrogens is 226 g/mol. The number of nitrogens with zero attached hydrogens (tertiary/aromatic N) is 2. The molecule has 2 rings (SSSR count). The highest BCUT2D eigenvalue weighted by molar-refractivity contribution is 5.29. The van der Waals surface area contributed by atoms with E-state index in [-0.39, 0.29) is 12.6 Å². The highest BCUT2D eigenvalue weighted by Crippen LogP contribution is 2.09. The molecular formula is C14H19N3O. The predicted molar refractivity (Wildman–Crippen MR) is 72.5 cm³/mol. The summed E-state index contributed by atoms with van der Waals surface area (Å²) in [6, 6.07) is 10.1. The molecule has 96 valence electrons. The second kappa shape index (κ2) is 6.21. The molecule has 0 saturated heterocycles. The van der Waals surface area contributed by atoms with E-state index in [0.29, 0.717) is 0 Å². The quantitative estimate of drug-likeness (QED) is 0.817. The number of aryl methyl sites for hydroxylation is 1. The Morgan fingerprint density at radius 1 is 1.33 bits per heavy atom. The number of aliphatic hydroxyl groups excluding tert-OH is 1. The number of aliphatic hydroxyl groups is 1. The number of nitrogens with one attached hydrogen (secondary N) is 1. The van der Waals surface area contributed by atoms with Crippen LogP contribution >= 0.6 is 0 Å². The zero-order valence-corrected chi connectivity index (χ0v) is 10.6. The van der Waals surface area contributed by atoms with Crippen LogP contribution in [0.1, 0.15) is 12.5 Å². The second-order valence-corrected chi connectivity index (χ2v) is 4.25. The van der Waals surface area contributed by atoms with E-state index in [1.54, 1.807) is 6.20 Å². The number of benzene rings is 1. The summed E-state index contributed by atoms with van der Waals surface area (Å²) in [5.74, 6) is 0.812. The Labute approximate surface area is 107 Å². The minimum atomic E-state index is -0.0138. The van der Waals surface area contributed by atoms with E-state index < -0.39 is 0 Å². The highest BCUT2D eigenvalue weighted by Gasteiger charge is 2.11. The van der Waals surface area contributed by atoms with Gasteiger partial charge in [0, 0.05) is 18.9 Å². The van der Waals surface area contributed by atoms with Crippen LogP contribution in [0.15, 0.2) is 42.7 Å². The summed E-state index contributed by atoms with van der Waals surface area (Å²) in [5, 5.41) is 12.7. The van der Waals surface area contributed by atoms with Crippen molar-refractivity contribution >= 4 is 5.95 Å². The fraction of sp³-hybridized carbons (Fsp3) is 0.357. The van der Waals surface area contributed by atoms with Crippen LogP contribution in [-0.2, 0) is 13.0 Å². The van der Waals surface area contributed by atoms with Crippen molar-refractivity contribution in [2.45, 2.75) is 25.9 Å². The third-order valence-corrected chi connectivity index (χ3v) is 2.93. The molecule has 0 amide bonds. The van der Waals surface area contributed by atoms with Crippen molar-refractivity contribution in [3.8, 4) is 0 Å². The Balaban J connectivity index is 2.02. The highest BCUT2D eigenvalue weighted by atomic mass is 16.3. The third-order valence-electron chi connectivity index (χ3n) is 2.93. The molecule has 1 atom stereocenters. The zero-order valence-electron chi connectivity index (χ0n) is 10.6. The molecule has 2 N–H and O–H groups in total. The molecule has 2 aromatic rings. The Morgan fingerprint density at radius 2 is 2.11 bits per heavy atom. The second-order valence-electron chi connectivity index (χ2n) is 4.25. The van der Waals surface area contributed by atoms with Crippen molar-refractivity contribution in [1.29, 1.82) is 0 Å². The topological polar surface area (TPSA) is 50.1 Å². The van der Waals surface area contributed by atoms with E-state index in [0.717, 1.165) is 18.9 Å². The minimum Gasteiger partial charge on any atom is -0.394 e. The number of rotatable bonds is 6. The van der Waals surface area contributed by atoms with Crippen molar-refractivity contribution in [2.24, 2.45) is 0 Å². The van der Waals surface area contributed by atoms with Crippen LogP contribution in [0.2, 0.25) is 0 Å². The largest absolute Gasteiger partial charge is 0.394 e. The molecule has 4 heteroatoms. The molecule has 0 radical (unpaired) electrons. The summed E-state index contributed by atoms with van der Waals surface area (Å²) in [6.45, 7) is 3.02. The molecule has 0 bridgehead atoms. The van der Waals surface area contributed by atoms with E-state index >= 15 is 0 Å². The lowest BCUT2D eigenvalue weighted by Gasteiger charge is -2.17. The summed E-state index contributed by atoms with van der Waals surface area (Å²) in [6.07, 6.45) is 4.48. The van der Waals surface area contributed by atoms with Gasteiger partial charge in [-0.3, -0.25) is 0 Å². The van der Waals surface area contributed by atoms with Gasteiger partial charge in [0.05, 0.1) is 12.6 Å². The van der Waals surface area contributed by atoms with Crippen LogP contribution in [0.3, 0.4) is 0 Å². The number of hydrogen-bond acceptors (Lipinski definition) is 3. The Kier molecular flexibility index (Phi) is 4.36. The van der Waals surface area contributed by atoms with Gasteiger partial charge in [-0.15, -0.1) is 0 Å². The van der Waals surface area contributed by atoms with Gasteiger partial charge >= 0.3 is 0 Å². The van der Waals surface area contributed by atoms with E-state index in [4.69, 9.17) is 0 Å². The van der Waals surface area contributed by atoms with Gasteiger partial charge < -0.3 is 15.0 Å². The fourth-order valence-electron chi connectivity index (χ4n) is 1.95. The average molecular weight is 245 g/mol. The number of aromatic nitrogens is 2. The zero-order chi connectivity index (χ0) is 12.8. The first-order chi connectivity index (χ1) is 8.83. The fourth-order valence-corrected chi connectivity index (χ4v) is 1.95. The molecule has 0 fully saturated rings. The molecule has 18 heavy (non-hydrogen) atoms. The predicted octanol–water partition coefficient (Wildman–Crippen LogP) is 1.92. The van der Waals surface area contributed by atoms with Crippen LogP contribution in [-0.4, -0.2) is 27.3 Å². The minimum absolute atomic E-state index is 0.0138. The van der Waals surface area contributed by atoms with Crippen molar-refractivity contribution in [2.75, 3.05) is 11.9 Å². The molecule has 1 unspecified atom stereocenters. The molecule has 4 nitrogen and oxygen atoms in total. The maximum atomic E-state index is 9.45. The van der Waals surface area contributed by atoms with Crippen LogP contribution in [0.4, 0.5) is 5.95 Å². The summed E-state index contributed by atoms with van der Waals surface area (Å²) in [5.41, 5.74) is 1.21. The average Bonchev–Trinajstić information content (AvgIpc) is 2.86. The Morgan fingerprint density at radius 3 is 2.78 bits per heavy atom. The van der Waals surface area contributed by atoms with Crippen molar-refractivity contribution in [3.05, 3.63) is 48.3 Å². The lowest BCUT2D eigenvalue weighted by atomic mass is 10.1. The van der Waals surface area contributed by atoms with Gasteiger partial charge in [-0.2, -0.15) is 0 Å². The Bertz CT molecular complexity index is 467. The van der Waals surface area contributed by atoms with Crippen molar-refractivity contribution in [1.82, 2.24) is 9.55 Å². The molecule has 1 aromatic heterocycles. The van der Waals surface area contributed by atoms with E-state index in [1.165, 1.54) is 5.56 Å². The van der Waals surface area contributed by atoms with Gasteiger partial charge in [0.1, 0.15) is 0 Å². The maximum Gasteiger partial charge on any atom is 0.203 e. The van der Waals surface area contributed by atoms with E-state index in [1.807, 2.05) is 29.0 Å². The molecule has 0 aliphatic carbocycles. The monoisotopic (exact) mass is 245 g/mol. The van der Waals surface area contributed by atoms with Gasteiger partial charge in [0.15, 0.2) is 0 Å². The van der Waals surface area contributed by atoms with Gasteiger partial charge in [0.2, 0.25) is 5.95 Å². The van der Waals surface area contributed by atoms with E-state index in [2.05, 4.69) is 29.4 Å². The van der Waals surface area contributed by atoms with Crippen LogP contribution in [0.5, 0.6) is 0 Å². The molecule has 0 aliphatic heterocycles. The summed E-state index contributed by atoms with van der Waals surface area (Å²) < 4.78 is 2.02. The summed E-state index contributed by atoms with van der Waals surface area (Å²) in [7, 11) is 0. The van der Waals surface area contributed by atoms with Gasteiger partial charge in [0.25, 0.3) is 0 Å². The maximum absolute atomic E-state index is 9.45. The van der Waals surface area contributed by atoms with Crippen molar-refractivity contribution in [3.63, 3.8) is 0 Å². The first kappa shape index (κ1) is 12.6. The smallest absolute Gasteiger partial charge is 0.203 e. The normalized spacial score (nSPS) is 12.3. The SMILES string of the molecule is CCn1ccnc1NC(CO)Cc1ccccc1. The number of hydrogen-bond donors (Lipinski definition) is 2. The lowest BCUT2D eigenvalue weighted by molar-refractivity contribution is 0.273. The molecule has 0 spiro atoms. The van der Waals surface area contributed by atoms with Crippen LogP contribution in [0.25, 0.3) is 0 Å². The lowest BCUT2D eigenvalue weighted by Crippen LogP contribution is -2.28. The number of anilines is 1. The number of imidazole rings is 1. The van der Waals surface area contributed by atoms with Crippen LogP contribution < -0.4 is 5.32 Å². The molecule has 0 aliphatic rings. The summed E-state index contributed by atoms with van der Waals surface area (Å²) in [4.78, 5) is 4.26. The Hall–Kier alpha value is -1.81. The van der Waals surface area contributed by atoms with Gasteiger partial charge in [-0.25, -0.2) is 4.98 Å². The van der Waals surface area contributed by atoms with Gasteiger partial charge in [-0.05, 0) is 18.9 Å². The molecule has 0 saturated carbocycles. The molecule has 1 heterocycles. The third kappa shape index (κ3) is 3.11. The molecule has 1 aromatic carbocycles. The van der Waals surface area contributed by atoms with Gasteiger partial charge in [-0.1, -0.05) is 30.3 Å². The van der Waals surface area contributed by atoms with Crippen LogP contribution in [0, 0.1) is 0 Å². The first-order valence-corrected chi connectivity index (χ1v) is 6.26. The van der Waals surface area contributed by atoms with Crippen molar-refractivity contribution < 1.29 is 5.11 Å². The summed E-state index contributed by atoms with van der Waals surface area (Å²) >= 11 is 0. The standard InChI is InChI=1S/C14H19N3O/c1-2-17-9-8-15-14(17)16-13(11-18)10-12-6-4-3-5-7-12/h3-9,13,18H,2,10-11H2,1H3,(H,15,16). The first-order valence-electron chi connectivity index (χ1n) is 6.26. The van der Waals surface area contributed by atoms with E-state index in [9.17, 15) is 5.11 Å².